The van der Waals surface area contributed by atoms with Crippen LogP contribution in [0.2, 0.25) is 0 Å². The van der Waals surface area contributed by atoms with Crippen LogP contribution in [0.5, 0.6) is 5.88 Å². The molecular weight excluding hydrogens is 965 g/mol. The number of halogens is 20. The molecule has 1 aromatic heterocycles. The normalized spacial score (nSPS) is 11.6. The number of benzene rings is 6. The van der Waals surface area contributed by atoms with Gasteiger partial charge in [-0.1, -0.05) is 48.5 Å². The predicted octanol–water partition coefficient (Wildman–Crippen LogP) is 9.64. The Morgan fingerprint density at radius 1 is 0.426 bits per heavy atom. The van der Waals surface area contributed by atoms with E-state index in [2.05, 4.69) is 0 Å². The van der Waals surface area contributed by atoms with Crippen molar-refractivity contribution >= 4 is 44.6 Å². The molecule has 7 aromatic rings. The van der Waals surface area contributed by atoms with Gasteiger partial charge in [-0.15, -0.1) is 21.9 Å². The van der Waals surface area contributed by atoms with Crippen molar-refractivity contribution in [3.63, 3.8) is 0 Å². The molecule has 0 radical (unpaired) electrons. The molecule has 0 atom stereocenters. The lowest BCUT2D eigenvalue weighted by atomic mass is 9.12. The van der Waals surface area contributed by atoms with Gasteiger partial charge < -0.3 is 4.74 Å². The Morgan fingerprint density at radius 3 is 1.04 bits per heavy atom. The molecular formula is C44H20BF20NO2. The Balaban J connectivity index is 0.000000276. The van der Waals surface area contributed by atoms with Crippen LogP contribution in [0.15, 0.2) is 66.9 Å². The molecule has 68 heavy (non-hydrogen) atoms. The lowest BCUT2D eigenvalue weighted by molar-refractivity contribution is -0.687. The van der Waals surface area contributed by atoms with E-state index >= 15 is 35.1 Å². The quantitative estimate of drug-likeness (QED) is 0.0361. The van der Waals surface area contributed by atoms with Crippen LogP contribution in [0.1, 0.15) is 24.2 Å². The second kappa shape index (κ2) is 18.9. The Bertz CT molecular complexity index is 2800. The molecule has 0 fully saturated rings. The monoisotopic (exact) mass is 985 g/mol. The Morgan fingerprint density at radius 2 is 0.721 bits per heavy atom. The maximum atomic E-state index is 15.4. The molecule has 0 bridgehead atoms. The minimum atomic E-state index is -7.22. The molecule has 0 aliphatic rings. The Hall–Kier alpha value is -7.14. The van der Waals surface area contributed by atoms with Crippen molar-refractivity contribution in [3.05, 3.63) is 189 Å². The zero-order chi connectivity index (χ0) is 50.6. The summed E-state index contributed by atoms with van der Waals surface area (Å²) in [6.07, 6.45) is -5.26. The van der Waals surface area contributed by atoms with Crippen LogP contribution in [0, 0.1) is 116 Å². The van der Waals surface area contributed by atoms with Crippen LogP contribution in [0.25, 0.3) is 10.8 Å². The number of ketones is 1. The zero-order valence-corrected chi connectivity index (χ0v) is 33.5. The molecule has 3 nitrogen and oxygen atoms in total. The van der Waals surface area contributed by atoms with E-state index in [1.54, 1.807) is 0 Å². The first-order valence-corrected chi connectivity index (χ1v) is 18.7. The second-order valence-corrected chi connectivity index (χ2v) is 14.6. The van der Waals surface area contributed by atoms with Crippen molar-refractivity contribution < 1.29 is 102 Å². The third-order valence-electron chi connectivity index (χ3n) is 10.4. The van der Waals surface area contributed by atoms with Crippen LogP contribution >= 0.6 is 0 Å². The van der Waals surface area contributed by atoms with Gasteiger partial charge in [0.05, 0.1) is 11.5 Å². The molecule has 0 unspecified atom stereocenters. The smallest absolute Gasteiger partial charge is 0.376 e. The van der Waals surface area contributed by atoms with Crippen molar-refractivity contribution in [2.24, 2.45) is 0 Å². The minimum Gasteiger partial charge on any atom is -0.441 e. The molecule has 1 heterocycles. The number of Topliss-reactive ketones (excluding diaryl/α,β-unsaturated/α-hetero) is 1. The SMILES string of the molecule is CC(C)Oc1c2ccccc2cc[n+]1CC(=O)c1ccccc1.Fc1c(F)c(F)c([B-](c2c(F)c(F)c(F)c(F)c2F)(c2c(F)c(F)c(F)c(F)c2F)c2c(F)c(F)c(F)c(F)c2F)c(F)c1F. The number of nitrogens with zero attached hydrogens (tertiary/aromatic N) is 1. The molecule has 0 aliphatic carbocycles. The second-order valence-electron chi connectivity index (χ2n) is 14.6. The fraction of sp³-hybridized carbons (Fsp3) is 0.0909. The first-order chi connectivity index (χ1) is 31.8. The molecule has 7 rings (SSSR count). The highest BCUT2D eigenvalue weighted by Crippen LogP contribution is 2.31. The van der Waals surface area contributed by atoms with Crippen LogP contribution in [0.3, 0.4) is 0 Å². The average Bonchev–Trinajstić information content (AvgIpc) is 3.32. The van der Waals surface area contributed by atoms with E-state index in [0.29, 0.717) is 5.56 Å². The van der Waals surface area contributed by atoms with Crippen molar-refractivity contribution in [1.82, 2.24) is 0 Å². The Labute approximate surface area is 367 Å². The number of pyridine rings is 1. The summed E-state index contributed by atoms with van der Waals surface area (Å²) in [6.45, 7) is 4.24. The predicted molar refractivity (Wildman–Crippen MR) is 200 cm³/mol. The van der Waals surface area contributed by atoms with Crippen molar-refractivity contribution in [3.8, 4) is 5.88 Å². The number of ether oxygens (including phenoxy) is 1. The van der Waals surface area contributed by atoms with Crippen molar-refractivity contribution in [1.29, 1.82) is 0 Å². The molecule has 0 amide bonds. The molecule has 356 valence electrons. The van der Waals surface area contributed by atoms with E-state index in [1.807, 2.05) is 85.3 Å². The first kappa shape index (κ1) is 50.3. The highest BCUT2D eigenvalue weighted by atomic mass is 19.2. The summed E-state index contributed by atoms with van der Waals surface area (Å²) in [5.41, 5.74) is -13.6. The maximum Gasteiger partial charge on any atom is 0.376 e. The lowest BCUT2D eigenvalue weighted by Gasteiger charge is -2.44. The van der Waals surface area contributed by atoms with Crippen molar-refractivity contribution in [2.75, 3.05) is 0 Å². The van der Waals surface area contributed by atoms with E-state index < -0.39 is 144 Å². The fourth-order valence-corrected chi connectivity index (χ4v) is 7.45. The average molecular weight is 985 g/mol. The van der Waals surface area contributed by atoms with E-state index in [1.165, 1.54) is 0 Å². The summed E-state index contributed by atoms with van der Waals surface area (Å²) in [4.78, 5) is 12.5. The summed E-state index contributed by atoms with van der Waals surface area (Å²) in [7, 11) is 0. The van der Waals surface area contributed by atoms with E-state index in [-0.39, 0.29) is 18.4 Å². The van der Waals surface area contributed by atoms with Gasteiger partial charge in [-0.3, -0.25) is 4.79 Å². The fourth-order valence-electron chi connectivity index (χ4n) is 7.45. The molecule has 0 N–H and O–H groups in total. The minimum absolute atomic E-state index is 0.0406. The van der Waals surface area contributed by atoms with Gasteiger partial charge in [0.2, 0.25) is 12.3 Å². The third-order valence-corrected chi connectivity index (χ3v) is 10.4. The summed E-state index contributed by atoms with van der Waals surface area (Å²) >= 11 is 0. The number of hydrogen-bond donors (Lipinski definition) is 0. The van der Waals surface area contributed by atoms with Gasteiger partial charge >= 0.3 is 5.88 Å². The van der Waals surface area contributed by atoms with Gasteiger partial charge in [0.1, 0.15) is 52.7 Å². The molecule has 6 aromatic carbocycles. The largest absolute Gasteiger partial charge is 0.441 e. The zero-order valence-electron chi connectivity index (χ0n) is 33.5. The van der Waals surface area contributed by atoms with E-state index in [4.69, 9.17) is 4.74 Å². The van der Waals surface area contributed by atoms with E-state index in [9.17, 15) is 57.5 Å². The third kappa shape index (κ3) is 8.01. The highest BCUT2D eigenvalue weighted by molar-refractivity contribution is 7.20. The first-order valence-electron chi connectivity index (χ1n) is 18.7. The van der Waals surface area contributed by atoms with Crippen LogP contribution < -0.4 is 31.2 Å². The van der Waals surface area contributed by atoms with Gasteiger partial charge in [0.15, 0.2) is 76.0 Å². The molecule has 0 spiro atoms. The number of rotatable bonds is 9. The number of hydrogen-bond acceptors (Lipinski definition) is 2. The molecule has 0 saturated heterocycles. The van der Waals surface area contributed by atoms with Gasteiger partial charge in [0, 0.05) is 11.6 Å². The topological polar surface area (TPSA) is 30.2 Å². The summed E-state index contributed by atoms with van der Waals surface area (Å²) in [6, 6.07) is 19.4. The van der Waals surface area contributed by atoms with Gasteiger partial charge in [-0.25, -0.2) is 87.8 Å². The number of aromatic nitrogens is 1. The number of carbonyl (C=O) groups excluding carboxylic acids is 1. The van der Waals surface area contributed by atoms with Crippen LogP contribution in [-0.4, -0.2) is 18.0 Å². The van der Waals surface area contributed by atoms with Gasteiger partial charge in [-0.05, 0) is 25.3 Å². The number of carbonyl (C=O) groups is 1. The highest BCUT2D eigenvalue weighted by Gasteiger charge is 2.52. The summed E-state index contributed by atoms with van der Waals surface area (Å²) in [5, 5.41) is 2.12. The summed E-state index contributed by atoms with van der Waals surface area (Å²) < 4.78 is 302. The van der Waals surface area contributed by atoms with Gasteiger partial charge in [0.25, 0.3) is 0 Å². The molecule has 0 saturated carbocycles. The van der Waals surface area contributed by atoms with Crippen molar-refractivity contribution in [2.45, 2.75) is 26.5 Å². The Kier molecular flexibility index (Phi) is 13.9. The maximum absolute atomic E-state index is 15.4. The standard InChI is InChI=1S/C24BF20.C20H20NO2/c26-5-1(6(27)14(35)21(42)13(5)34)25(2-7(28)15(36)22(43)16(37)8(2)29,3-9(30)17(38)23(44)18(39)10(3)31)4-11(32)19(40)24(45)20(41)12(4)33;1-15(2)23-20-18-11-7-6-8-16(18)12-13-21(20)14-19(22)17-9-4-3-5-10-17/h;3-13,15H,14H2,1-2H3/q-1;+1. The van der Waals surface area contributed by atoms with E-state index in [0.717, 1.165) is 16.7 Å². The lowest BCUT2D eigenvalue weighted by Crippen LogP contribution is -2.81. The van der Waals surface area contributed by atoms with Crippen LogP contribution in [-0.2, 0) is 6.54 Å². The van der Waals surface area contributed by atoms with Gasteiger partial charge in [-0.2, -0.15) is 4.57 Å². The summed E-state index contributed by atoms with van der Waals surface area (Å²) in [5.74, 6) is -70.6. The molecule has 24 heteroatoms. The van der Waals surface area contributed by atoms with Crippen LogP contribution in [0.4, 0.5) is 87.8 Å². The molecule has 0 aliphatic heterocycles. The number of fused-ring (bicyclic) bond motifs is 1.